The fourth-order valence-corrected chi connectivity index (χ4v) is 1.07. The van der Waals surface area contributed by atoms with Gasteiger partial charge in [0.15, 0.2) is 0 Å². The summed E-state index contributed by atoms with van der Waals surface area (Å²) in [5, 5.41) is 8.36. The van der Waals surface area contributed by atoms with E-state index >= 15 is 0 Å². The number of aromatic nitrogens is 1. The maximum absolute atomic E-state index is 12.1. The van der Waals surface area contributed by atoms with Crippen molar-refractivity contribution in [3.63, 3.8) is 0 Å². The van der Waals surface area contributed by atoms with Gasteiger partial charge in [0.05, 0.1) is 0 Å². The van der Waals surface area contributed by atoms with Gasteiger partial charge in [-0.05, 0) is 28.1 Å². The molecule has 1 aromatic rings. The van der Waals surface area contributed by atoms with E-state index in [2.05, 4.69) is 20.9 Å². The molecule has 0 saturated heterocycles. The van der Waals surface area contributed by atoms with Gasteiger partial charge in [0, 0.05) is 4.47 Å². The van der Waals surface area contributed by atoms with Crippen molar-refractivity contribution in [3.8, 4) is 6.07 Å². The average molecular weight is 233 g/mol. The molecule has 0 unspecified atom stereocenters. The number of nitriles is 1. The molecular formula is C7H3BrF2N2. The topological polar surface area (TPSA) is 36.7 Å². The van der Waals surface area contributed by atoms with Gasteiger partial charge in [-0.25, -0.2) is 13.8 Å². The van der Waals surface area contributed by atoms with E-state index in [1.165, 1.54) is 12.1 Å². The lowest BCUT2D eigenvalue weighted by Crippen LogP contribution is -1.94. The Morgan fingerprint density at radius 3 is 2.67 bits per heavy atom. The first-order valence-electron chi connectivity index (χ1n) is 3.00. The fraction of sp³-hybridized carbons (Fsp3) is 0.143. The highest BCUT2D eigenvalue weighted by Crippen LogP contribution is 2.25. The van der Waals surface area contributed by atoms with Gasteiger partial charge in [0.25, 0.3) is 6.43 Å². The number of alkyl halides is 2. The summed E-state index contributed by atoms with van der Waals surface area (Å²) < 4.78 is 24.5. The van der Waals surface area contributed by atoms with E-state index in [9.17, 15) is 8.78 Å². The van der Waals surface area contributed by atoms with Crippen LogP contribution >= 0.6 is 15.9 Å². The van der Waals surface area contributed by atoms with Crippen molar-refractivity contribution < 1.29 is 8.78 Å². The molecule has 0 aliphatic rings. The Bertz CT molecular complexity index is 333. The zero-order chi connectivity index (χ0) is 9.14. The highest BCUT2D eigenvalue weighted by atomic mass is 79.9. The molecule has 62 valence electrons. The van der Waals surface area contributed by atoms with Crippen LogP contribution in [0.3, 0.4) is 0 Å². The lowest BCUT2D eigenvalue weighted by Gasteiger charge is -2.00. The van der Waals surface area contributed by atoms with Gasteiger partial charge >= 0.3 is 0 Å². The van der Waals surface area contributed by atoms with Gasteiger partial charge in [0.2, 0.25) is 0 Å². The van der Waals surface area contributed by atoms with E-state index in [1.807, 2.05) is 0 Å². The minimum atomic E-state index is -2.66. The van der Waals surface area contributed by atoms with Crippen LogP contribution in [-0.2, 0) is 0 Å². The summed E-state index contributed by atoms with van der Waals surface area (Å²) in [7, 11) is 0. The number of hydrogen-bond donors (Lipinski definition) is 0. The number of nitrogens with zero attached hydrogens (tertiary/aromatic N) is 2. The Labute approximate surface area is 76.0 Å². The van der Waals surface area contributed by atoms with Crippen LogP contribution in [0.25, 0.3) is 0 Å². The highest BCUT2D eigenvalue weighted by Gasteiger charge is 2.13. The van der Waals surface area contributed by atoms with E-state index in [4.69, 9.17) is 5.26 Å². The van der Waals surface area contributed by atoms with Crippen molar-refractivity contribution in [1.82, 2.24) is 4.98 Å². The first kappa shape index (κ1) is 9.07. The molecule has 1 aromatic heterocycles. The second kappa shape index (κ2) is 3.59. The molecule has 2 nitrogen and oxygen atoms in total. The van der Waals surface area contributed by atoms with Crippen LogP contribution in [0.2, 0.25) is 0 Å². The Hall–Kier alpha value is -1.02. The van der Waals surface area contributed by atoms with Crippen LogP contribution in [0, 0.1) is 11.3 Å². The van der Waals surface area contributed by atoms with Crippen LogP contribution in [0.4, 0.5) is 8.78 Å². The first-order chi connectivity index (χ1) is 5.65. The first-order valence-corrected chi connectivity index (χ1v) is 3.79. The molecule has 0 atom stereocenters. The highest BCUT2D eigenvalue weighted by molar-refractivity contribution is 9.10. The van der Waals surface area contributed by atoms with Gasteiger partial charge in [-0.2, -0.15) is 5.26 Å². The maximum Gasteiger partial charge on any atom is 0.281 e. The van der Waals surface area contributed by atoms with Gasteiger partial charge in [-0.15, -0.1) is 0 Å². The van der Waals surface area contributed by atoms with E-state index in [0.717, 1.165) is 0 Å². The van der Waals surface area contributed by atoms with E-state index in [-0.39, 0.29) is 10.2 Å². The molecule has 0 bridgehead atoms. The zero-order valence-electron chi connectivity index (χ0n) is 5.76. The summed E-state index contributed by atoms with van der Waals surface area (Å²) in [4.78, 5) is 3.43. The van der Waals surface area contributed by atoms with Crippen molar-refractivity contribution in [2.75, 3.05) is 0 Å². The van der Waals surface area contributed by atoms with Crippen LogP contribution in [0.15, 0.2) is 16.6 Å². The summed E-state index contributed by atoms with van der Waals surface area (Å²) in [5.74, 6) is 0. The number of rotatable bonds is 1. The SMILES string of the molecule is N#Cc1ccc(Br)c(C(F)F)n1. The molecule has 12 heavy (non-hydrogen) atoms. The molecule has 1 rings (SSSR count). The van der Waals surface area contributed by atoms with Crippen molar-refractivity contribution in [1.29, 1.82) is 5.26 Å². The van der Waals surface area contributed by atoms with Gasteiger partial charge < -0.3 is 0 Å². The molecule has 0 aliphatic heterocycles. The molecule has 5 heteroatoms. The molecule has 0 radical (unpaired) electrons. The largest absolute Gasteiger partial charge is 0.281 e. The predicted molar refractivity (Wildman–Crippen MR) is 41.6 cm³/mol. The summed E-state index contributed by atoms with van der Waals surface area (Å²) in [6, 6.07) is 4.44. The van der Waals surface area contributed by atoms with Crippen molar-refractivity contribution >= 4 is 15.9 Å². The number of halogens is 3. The summed E-state index contributed by atoms with van der Waals surface area (Å²) in [6.07, 6.45) is -2.66. The second-order valence-corrected chi connectivity index (χ2v) is 2.83. The molecular weight excluding hydrogens is 230 g/mol. The molecule has 0 aliphatic carbocycles. The summed E-state index contributed by atoms with van der Waals surface area (Å²) >= 11 is 2.91. The lowest BCUT2D eigenvalue weighted by molar-refractivity contribution is 0.145. The third kappa shape index (κ3) is 1.77. The molecule has 0 spiro atoms. The van der Waals surface area contributed by atoms with Gasteiger partial charge in [-0.1, -0.05) is 0 Å². The zero-order valence-corrected chi connectivity index (χ0v) is 7.35. The minimum absolute atomic E-state index is 0.00602. The number of pyridine rings is 1. The standard InChI is InChI=1S/C7H3BrF2N2/c8-5-2-1-4(3-11)12-6(5)7(9)10/h1-2,7H. The molecule has 0 amide bonds. The second-order valence-electron chi connectivity index (χ2n) is 1.98. The summed E-state index contributed by atoms with van der Waals surface area (Å²) in [5.41, 5.74) is -0.400. The quantitative estimate of drug-likeness (QED) is 0.747. The molecule has 1 heterocycles. The number of hydrogen-bond acceptors (Lipinski definition) is 2. The van der Waals surface area contributed by atoms with Crippen molar-refractivity contribution in [3.05, 3.63) is 28.0 Å². The van der Waals surface area contributed by atoms with Crippen LogP contribution in [0.1, 0.15) is 17.8 Å². The van der Waals surface area contributed by atoms with Crippen LogP contribution in [-0.4, -0.2) is 4.98 Å². The molecule has 0 saturated carbocycles. The van der Waals surface area contributed by atoms with E-state index < -0.39 is 12.1 Å². The van der Waals surface area contributed by atoms with Crippen molar-refractivity contribution in [2.45, 2.75) is 6.43 Å². The van der Waals surface area contributed by atoms with E-state index in [1.54, 1.807) is 6.07 Å². The molecule has 0 N–H and O–H groups in total. The smallest absolute Gasteiger partial charge is 0.235 e. The third-order valence-electron chi connectivity index (χ3n) is 1.19. The third-order valence-corrected chi connectivity index (χ3v) is 1.86. The Kier molecular flexibility index (Phi) is 2.71. The Balaban J connectivity index is 3.19. The summed E-state index contributed by atoms with van der Waals surface area (Å²) in [6.45, 7) is 0. The Morgan fingerprint density at radius 1 is 1.50 bits per heavy atom. The maximum atomic E-state index is 12.1. The van der Waals surface area contributed by atoms with Gasteiger partial charge in [-0.3, -0.25) is 0 Å². The fourth-order valence-electron chi connectivity index (χ4n) is 0.673. The van der Waals surface area contributed by atoms with Crippen molar-refractivity contribution in [2.24, 2.45) is 0 Å². The van der Waals surface area contributed by atoms with Gasteiger partial charge in [0.1, 0.15) is 17.5 Å². The Morgan fingerprint density at radius 2 is 2.17 bits per heavy atom. The minimum Gasteiger partial charge on any atom is -0.235 e. The molecule has 0 fully saturated rings. The van der Waals surface area contributed by atoms with E-state index in [0.29, 0.717) is 0 Å². The lowest BCUT2D eigenvalue weighted by atomic mass is 10.3. The average Bonchev–Trinajstić information content (AvgIpc) is 2.05. The predicted octanol–water partition coefficient (Wildman–Crippen LogP) is 2.65. The van der Waals surface area contributed by atoms with Crippen LogP contribution < -0.4 is 0 Å². The normalized spacial score (nSPS) is 9.92. The monoisotopic (exact) mass is 232 g/mol. The van der Waals surface area contributed by atoms with Crippen LogP contribution in [0.5, 0.6) is 0 Å². The molecule has 0 aromatic carbocycles.